The van der Waals surface area contributed by atoms with E-state index in [0.29, 0.717) is 6.54 Å². The van der Waals surface area contributed by atoms with Crippen molar-refractivity contribution >= 4 is 18.4 Å². The zero-order valence-electron chi connectivity index (χ0n) is 10.8. The van der Waals surface area contributed by atoms with Crippen LogP contribution in [0.5, 0.6) is 0 Å². The lowest BCUT2D eigenvalue weighted by Crippen LogP contribution is -2.29. The molecule has 0 aromatic heterocycles. The van der Waals surface area contributed by atoms with E-state index in [1.165, 1.54) is 0 Å². The molecule has 0 aliphatic heterocycles. The molecule has 0 amide bonds. The van der Waals surface area contributed by atoms with Gasteiger partial charge in [0.15, 0.2) is 0 Å². The highest BCUT2D eigenvalue weighted by Gasteiger charge is 2.61. The van der Waals surface area contributed by atoms with Crippen LogP contribution in [0.25, 0.3) is 0 Å². The van der Waals surface area contributed by atoms with Crippen molar-refractivity contribution in [3.8, 4) is 0 Å². The van der Waals surface area contributed by atoms with E-state index in [-0.39, 0.29) is 30.4 Å². The van der Waals surface area contributed by atoms with Crippen LogP contribution in [0.15, 0.2) is 30.3 Å². The average Bonchev–Trinajstić information content (AvgIpc) is 3.05. The summed E-state index contributed by atoms with van der Waals surface area (Å²) in [6, 6.07) is 9.82. The average molecular weight is 270 g/mol. The Morgan fingerprint density at radius 2 is 2.06 bits per heavy atom. The van der Waals surface area contributed by atoms with Gasteiger partial charge in [-0.25, -0.2) is 0 Å². The summed E-state index contributed by atoms with van der Waals surface area (Å²) < 4.78 is 5.37. The Hall–Kier alpha value is -1.06. The lowest BCUT2D eigenvalue weighted by molar-refractivity contribution is -0.151. The Morgan fingerprint density at radius 3 is 2.50 bits per heavy atom. The third-order valence-corrected chi connectivity index (χ3v) is 3.39. The number of carbonyl (C=O) groups is 1. The van der Waals surface area contributed by atoms with Gasteiger partial charge in [-0.15, -0.1) is 12.4 Å². The lowest BCUT2D eigenvalue weighted by atomic mass is 9.93. The summed E-state index contributed by atoms with van der Waals surface area (Å²) in [6.07, 6.45) is 0.723. The van der Waals surface area contributed by atoms with Crippen LogP contribution in [-0.4, -0.2) is 18.6 Å². The van der Waals surface area contributed by atoms with Gasteiger partial charge in [0, 0.05) is 0 Å². The first-order valence-corrected chi connectivity index (χ1v) is 6.08. The first-order valence-electron chi connectivity index (χ1n) is 6.08. The summed E-state index contributed by atoms with van der Waals surface area (Å²) in [5, 5.41) is 0. The number of halogens is 1. The standard InChI is InChI=1S/C14H19NO2.ClH/c1-10(2)17-13(16)14(8-12(14)9-15)11-6-4-3-5-7-11;/h3-7,10,12H,8-9,15H2,1-2H3;1H/t12?,14-;/m1./s1. The molecule has 1 aromatic carbocycles. The number of carbonyl (C=O) groups excluding carboxylic acids is 1. The van der Waals surface area contributed by atoms with Gasteiger partial charge in [0.05, 0.1) is 11.5 Å². The van der Waals surface area contributed by atoms with Crippen molar-refractivity contribution in [2.24, 2.45) is 11.7 Å². The van der Waals surface area contributed by atoms with E-state index in [1.54, 1.807) is 0 Å². The normalized spacial score (nSPS) is 25.4. The van der Waals surface area contributed by atoms with Gasteiger partial charge in [-0.2, -0.15) is 0 Å². The Balaban J connectivity index is 0.00000162. The van der Waals surface area contributed by atoms with Gasteiger partial charge in [0.2, 0.25) is 0 Å². The highest BCUT2D eigenvalue weighted by molar-refractivity contribution is 5.87. The number of rotatable bonds is 4. The largest absolute Gasteiger partial charge is 0.462 e. The number of esters is 1. The molecule has 1 unspecified atom stereocenters. The molecular weight excluding hydrogens is 250 g/mol. The highest BCUT2D eigenvalue weighted by atomic mass is 35.5. The van der Waals surface area contributed by atoms with Crippen molar-refractivity contribution in [3.05, 3.63) is 35.9 Å². The fourth-order valence-electron chi connectivity index (χ4n) is 2.39. The second-order valence-corrected chi connectivity index (χ2v) is 4.93. The monoisotopic (exact) mass is 269 g/mol. The van der Waals surface area contributed by atoms with E-state index in [4.69, 9.17) is 10.5 Å². The van der Waals surface area contributed by atoms with Crippen molar-refractivity contribution < 1.29 is 9.53 Å². The molecule has 2 rings (SSSR count). The van der Waals surface area contributed by atoms with E-state index >= 15 is 0 Å². The summed E-state index contributed by atoms with van der Waals surface area (Å²) >= 11 is 0. The smallest absolute Gasteiger partial charge is 0.317 e. The van der Waals surface area contributed by atoms with Crippen LogP contribution in [0.4, 0.5) is 0 Å². The van der Waals surface area contributed by atoms with E-state index in [9.17, 15) is 4.79 Å². The van der Waals surface area contributed by atoms with Crippen LogP contribution >= 0.6 is 12.4 Å². The van der Waals surface area contributed by atoms with Crippen molar-refractivity contribution in [3.63, 3.8) is 0 Å². The molecule has 1 saturated carbocycles. The van der Waals surface area contributed by atoms with Crippen LogP contribution < -0.4 is 5.73 Å². The maximum Gasteiger partial charge on any atom is 0.317 e. The second-order valence-electron chi connectivity index (χ2n) is 4.93. The minimum absolute atomic E-state index is 0. The fraction of sp³-hybridized carbons (Fsp3) is 0.500. The van der Waals surface area contributed by atoms with E-state index in [0.717, 1.165) is 12.0 Å². The Labute approximate surface area is 114 Å². The molecule has 100 valence electrons. The topological polar surface area (TPSA) is 52.3 Å². The Bertz CT molecular complexity index is 408. The maximum atomic E-state index is 12.2. The molecule has 0 heterocycles. The molecule has 18 heavy (non-hydrogen) atoms. The van der Waals surface area contributed by atoms with Gasteiger partial charge < -0.3 is 10.5 Å². The van der Waals surface area contributed by atoms with Crippen LogP contribution in [0.2, 0.25) is 0 Å². The summed E-state index contributed by atoms with van der Waals surface area (Å²) in [5.41, 5.74) is 6.25. The zero-order valence-corrected chi connectivity index (χ0v) is 11.6. The van der Waals surface area contributed by atoms with Gasteiger partial charge in [-0.3, -0.25) is 4.79 Å². The summed E-state index contributed by atoms with van der Waals surface area (Å²) in [7, 11) is 0. The van der Waals surface area contributed by atoms with E-state index < -0.39 is 5.41 Å². The molecule has 3 nitrogen and oxygen atoms in total. The van der Waals surface area contributed by atoms with Crippen molar-refractivity contribution in [1.82, 2.24) is 0 Å². The van der Waals surface area contributed by atoms with Crippen LogP contribution in [0.1, 0.15) is 25.8 Å². The molecule has 4 heteroatoms. The molecule has 1 fully saturated rings. The predicted octanol–water partition coefficient (Wildman–Crippen LogP) is 2.28. The summed E-state index contributed by atoms with van der Waals surface area (Å²) in [5.74, 6) is 0.0882. The number of hydrogen-bond acceptors (Lipinski definition) is 3. The summed E-state index contributed by atoms with van der Waals surface area (Å²) in [4.78, 5) is 12.2. The van der Waals surface area contributed by atoms with Crippen molar-refractivity contribution in [2.45, 2.75) is 31.8 Å². The maximum absolute atomic E-state index is 12.2. The van der Waals surface area contributed by atoms with Gasteiger partial charge in [0.1, 0.15) is 0 Å². The minimum Gasteiger partial charge on any atom is -0.462 e. The number of nitrogens with two attached hydrogens (primary N) is 1. The van der Waals surface area contributed by atoms with E-state index in [2.05, 4.69) is 0 Å². The first-order chi connectivity index (χ1) is 8.11. The predicted molar refractivity (Wildman–Crippen MR) is 73.8 cm³/mol. The quantitative estimate of drug-likeness (QED) is 0.853. The molecule has 0 bridgehead atoms. The minimum atomic E-state index is -0.486. The zero-order chi connectivity index (χ0) is 12.5. The van der Waals surface area contributed by atoms with Gasteiger partial charge in [-0.1, -0.05) is 30.3 Å². The molecule has 0 saturated heterocycles. The van der Waals surface area contributed by atoms with Crippen LogP contribution in [0, 0.1) is 5.92 Å². The van der Waals surface area contributed by atoms with Crippen LogP contribution in [-0.2, 0) is 14.9 Å². The third kappa shape index (κ3) is 2.52. The second kappa shape index (κ2) is 5.72. The highest BCUT2D eigenvalue weighted by Crippen LogP contribution is 2.54. The number of benzene rings is 1. The van der Waals surface area contributed by atoms with Gasteiger partial charge in [-0.05, 0) is 38.3 Å². The number of ether oxygens (including phenoxy) is 1. The van der Waals surface area contributed by atoms with Gasteiger partial charge in [0.25, 0.3) is 0 Å². The third-order valence-electron chi connectivity index (χ3n) is 3.39. The first kappa shape index (κ1) is 15.0. The molecule has 1 aliphatic rings. The Kier molecular flexibility index (Phi) is 4.77. The fourth-order valence-corrected chi connectivity index (χ4v) is 2.39. The molecule has 2 N–H and O–H groups in total. The summed E-state index contributed by atoms with van der Waals surface area (Å²) in [6.45, 7) is 4.27. The Morgan fingerprint density at radius 1 is 1.44 bits per heavy atom. The molecule has 2 atom stereocenters. The van der Waals surface area contributed by atoms with Crippen molar-refractivity contribution in [2.75, 3.05) is 6.54 Å². The molecule has 1 aliphatic carbocycles. The van der Waals surface area contributed by atoms with Crippen LogP contribution in [0.3, 0.4) is 0 Å². The SMILES string of the molecule is CC(C)OC(=O)[C@@]1(c2ccccc2)CC1CN.Cl. The molecular formula is C14H20ClNO2. The molecule has 0 radical (unpaired) electrons. The van der Waals surface area contributed by atoms with Crippen molar-refractivity contribution in [1.29, 1.82) is 0 Å². The molecule has 0 spiro atoms. The van der Waals surface area contributed by atoms with E-state index in [1.807, 2.05) is 44.2 Å². The lowest BCUT2D eigenvalue weighted by Gasteiger charge is -2.18. The molecule has 1 aromatic rings. The van der Waals surface area contributed by atoms with Gasteiger partial charge >= 0.3 is 5.97 Å². The number of hydrogen-bond donors (Lipinski definition) is 1.